The molecular weight excluding hydrogens is 563 g/mol. The molecule has 4 nitrogen and oxygen atoms in total. The third kappa shape index (κ3) is 6.72. The van der Waals surface area contributed by atoms with Crippen LogP contribution >= 0.6 is 15.9 Å². The van der Waals surface area contributed by atoms with Crippen molar-refractivity contribution in [3.05, 3.63) is 149 Å². The van der Waals surface area contributed by atoms with Crippen LogP contribution in [0, 0.1) is 0 Å². The summed E-state index contributed by atoms with van der Waals surface area (Å²) in [5, 5.41) is 23.5. The fraction of sp³-hybridized carbons (Fsp3) is 0.0588. The molecule has 0 aliphatic rings. The highest BCUT2D eigenvalue weighted by molar-refractivity contribution is 9.10. The van der Waals surface area contributed by atoms with E-state index in [1.165, 1.54) is 16.3 Å². The molecule has 6 aromatic rings. The second-order valence-corrected chi connectivity index (χ2v) is 10.0. The molecule has 0 heterocycles. The van der Waals surface area contributed by atoms with Crippen LogP contribution in [0.1, 0.15) is 11.1 Å². The lowest BCUT2D eigenvalue weighted by Gasteiger charge is -2.14. The standard InChI is InChI=1S/C17H15BO3.C17H13BrO/c19-18(20)17-15-9-5-4-8-14(15)10-11-16(17)21-12-13-6-2-1-3-7-13;18-17-15-9-5-4-8-14(15)10-11-16(17)19-12-13-6-2-1-3-7-13/h1-11,19-20H,12H2;1-11H,12H2. The predicted molar refractivity (Wildman–Crippen MR) is 167 cm³/mol. The minimum Gasteiger partial charge on any atom is -0.489 e. The zero-order chi connectivity index (χ0) is 27.7. The molecule has 0 atom stereocenters. The molecule has 0 amide bonds. The van der Waals surface area contributed by atoms with E-state index >= 15 is 0 Å². The van der Waals surface area contributed by atoms with Gasteiger partial charge in [0.1, 0.15) is 24.7 Å². The topological polar surface area (TPSA) is 58.9 Å². The highest BCUT2D eigenvalue weighted by atomic mass is 79.9. The summed E-state index contributed by atoms with van der Waals surface area (Å²) >= 11 is 3.63. The maximum atomic E-state index is 9.68. The van der Waals surface area contributed by atoms with Gasteiger partial charge in [-0.3, -0.25) is 0 Å². The fourth-order valence-electron chi connectivity index (χ4n) is 4.46. The third-order valence-corrected chi connectivity index (χ3v) is 7.31. The zero-order valence-corrected chi connectivity index (χ0v) is 23.4. The zero-order valence-electron chi connectivity index (χ0n) is 21.8. The summed E-state index contributed by atoms with van der Waals surface area (Å²) in [6.07, 6.45) is 0. The SMILES string of the molecule is Brc1c(OCc2ccccc2)ccc2ccccc12.OB(O)c1c(OCc2ccccc2)ccc2ccccc12. The molecule has 0 saturated carbocycles. The van der Waals surface area contributed by atoms with Crippen molar-refractivity contribution in [2.24, 2.45) is 0 Å². The normalized spacial score (nSPS) is 10.6. The molecule has 198 valence electrons. The van der Waals surface area contributed by atoms with E-state index in [2.05, 4.69) is 46.3 Å². The minimum atomic E-state index is -1.57. The van der Waals surface area contributed by atoms with Gasteiger partial charge in [0.05, 0.1) is 4.47 Å². The van der Waals surface area contributed by atoms with Crippen LogP contribution in [0.3, 0.4) is 0 Å². The van der Waals surface area contributed by atoms with Crippen LogP contribution in [0.25, 0.3) is 21.5 Å². The van der Waals surface area contributed by atoms with E-state index in [9.17, 15) is 10.0 Å². The summed E-state index contributed by atoms with van der Waals surface area (Å²) < 4.78 is 12.7. The van der Waals surface area contributed by atoms with Crippen molar-refractivity contribution >= 4 is 50.1 Å². The Labute approximate surface area is 242 Å². The largest absolute Gasteiger partial charge is 0.492 e. The summed E-state index contributed by atoms with van der Waals surface area (Å²) in [7, 11) is -1.57. The fourth-order valence-corrected chi connectivity index (χ4v) is 5.07. The summed E-state index contributed by atoms with van der Waals surface area (Å²) in [5.74, 6) is 1.37. The van der Waals surface area contributed by atoms with Gasteiger partial charge in [-0.2, -0.15) is 0 Å². The number of fused-ring (bicyclic) bond motifs is 2. The minimum absolute atomic E-state index is 0.388. The van der Waals surface area contributed by atoms with Crippen LogP contribution in [0.5, 0.6) is 11.5 Å². The van der Waals surface area contributed by atoms with Crippen LogP contribution in [0.4, 0.5) is 0 Å². The predicted octanol–water partition coefficient (Wildman–Crippen LogP) is 7.28. The van der Waals surface area contributed by atoms with Crippen molar-refractivity contribution in [2.75, 3.05) is 0 Å². The van der Waals surface area contributed by atoms with Gasteiger partial charge >= 0.3 is 7.12 Å². The van der Waals surface area contributed by atoms with E-state index in [4.69, 9.17) is 9.47 Å². The number of hydrogen-bond acceptors (Lipinski definition) is 4. The summed E-state index contributed by atoms with van der Waals surface area (Å²) in [6, 6.07) is 43.6. The summed E-state index contributed by atoms with van der Waals surface area (Å²) in [4.78, 5) is 0. The van der Waals surface area contributed by atoms with Gasteiger partial charge in [0.15, 0.2) is 0 Å². The van der Waals surface area contributed by atoms with Gasteiger partial charge in [-0.15, -0.1) is 0 Å². The molecule has 2 N–H and O–H groups in total. The van der Waals surface area contributed by atoms with Crippen molar-refractivity contribution in [1.29, 1.82) is 0 Å². The average molecular weight is 591 g/mol. The number of hydrogen-bond donors (Lipinski definition) is 2. The maximum Gasteiger partial charge on any atom is 0.492 e. The van der Waals surface area contributed by atoms with Crippen molar-refractivity contribution in [3.63, 3.8) is 0 Å². The lowest BCUT2D eigenvalue weighted by atomic mass is 9.76. The monoisotopic (exact) mass is 590 g/mol. The van der Waals surface area contributed by atoms with Gasteiger partial charge in [-0.1, -0.05) is 121 Å². The Morgan fingerprint density at radius 1 is 0.500 bits per heavy atom. The highest BCUT2D eigenvalue weighted by Gasteiger charge is 2.20. The summed E-state index contributed by atoms with van der Waals surface area (Å²) in [5.41, 5.74) is 2.61. The first-order valence-electron chi connectivity index (χ1n) is 13.0. The molecule has 0 unspecified atom stereocenters. The maximum absolute atomic E-state index is 9.68. The third-order valence-electron chi connectivity index (χ3n) is 6.49. The van der Waals surface area contributed by atoms with E-state index in [1.54, 1.807) is 6.07 Å². The van der Waals surface area contributed by atoms with E-state index in [0.29, 0.717) is 24.4 Å². The number of ether oxygens (including phenoxy) is 2. The molecule has 0 aromatic heterocycles. The van der Waals surface area contributed by atoms with E-state index < -0.39 is 7.12 Å². The second-order valence-electron chi connectivity index (χ2n) is 9.22. The molecule has 0 fully saturated rings. The summed E-state index contributed by atoms with van der Waals surface area (Å²) in [6.45, 7) is 0.969. The molecular formula is C34H28BBrO4. The lowest BCUT2D eigenvalue weighted by molar-refractivity contribution is 0.305. The van der Waals surface area contributed by atoms with Gasteiger partial charge in [-0.05, 0) is 60.7 Å². The van der Waals surface area contributed by atoms with Crippen LogP contribution in [0.15, 0.2) is 138 Å². The molecule has 0 spiro atoms. The number of halogens is 1. The molecule has 6 aromatic carbocycles. The Kier molecular flexibility index (Phi) is 9.14. The Balaban J connectivity index is 0.000000162. The van der Waals surface area contributed by atoms with Crippen molar-refractivity contribution in [3.8, 4) is 11.5 Å². The van der Waals surface area contributed by atoms with Crippen LogP contribution in [-0.4, -0.2) is 17.2 Å². The van der Waals surface area contributed by atoms with Crippen LogP contribution in [0.2, 0.25) is 0 Å². The van der Waals surface area contributed by atoms with Crippen molar-refractivity contribution in [1.82, 2.24) is 0 Å². The quantitative estimate of drug-likeness (QED) is 0.192. The van der Waals surface area contributed by atoms with Gasteiger partial charge in [0.25, 0.3) is 0 Å². The molecule has 6 heteroatoms. The first-order valence-corrected chi connectivity index (χ1v) is 13.8. The van der Waals surface area contributed by atoms with E-state index in [1.807, 2.05) is 97.1 Å². The van der Waals surface area contributed by atoms with Gasteiger partial charge in [0, 0.05) is 5.46 Å². The molecule has 6 rings (SSSR count). The van der Waals surface area contributed by atoms with E-state index in [0.717, 1.165) is 26.6 Å². The Morgan fingerprint density at radius 3 is 1.52 bits per heavy atom. The smallest absolute Gasteiger partial charge is 0.489 e. The van der Waals surface area contributed by atoms with Gasteiger partial charge < -0.3 is 19.5 Å². The molecule has 0 aliphatic heterocycles. The Hall–Kier alpha value is -4.10. The van der Waals surface area contributed by atoms with Crippen molar-refractivity contribution < 1.29 is 19.5 Å². The molecule has 0 aliphatic carbocycles. The first kappa shape index (κ1) is 27.5. The average Bonchev–Trinajstić information content (AvgIpc) is 3.01. The van der Waals surface area contributed by atoms with Gasteiger partial charge in [-0.25, -0.2) is 0 Å². The Bertz CT molecular complexity index is 1690. The van der Waals surface area contributed by atoms with E-state index in [-0.39, 0.29) is 0 Å². The molecule has 0 saturated heterocycles. The number of benzene rings is 6. The number of rotatable bonds is 7. The van der Waals surface area contributed by atoms with Gasteiger partial charge in [0.2, 0.25) is 0 Å². The molecule has 40 heavy (non-hydrogen) atoms. The van der Waals surface area contributed by atoms with Crippen LogP contribution < -0.4 is 14.9 Å². The lowest BCUT2D eigenvalue weighted by Crippen LogP contribution is -2.32. The second kappa shape index (κ2) is 13.3. The molecule has 0 radical (unpaired) electrons. The van der Waals surface area contributed by atoms with Crippen LogP contribution in [-0.2, 0) is 13.2 Å². The first-order chi connectivity index (χ1) is 19.6. The van der Waals surface area contributed by atoms with Crippen molar-refractivity contribution in [2.45, 2.75) is 13.2 Å². The highest BCUT2D eigenvalue weighted by Crippen LogP contribution is 2.33. The Morgan fingerprint density at radius 2 is 0.950 bits per heavy atom. The molecule has 0 bridgehead atoms.